The fraction of sp³-hybridized carbons (Fsp3) is 0.553. The van der Waals surface area contributed by atoms with E-state index in [2.05, 4.69) is 127 Å². The number of rotatable bonds is 11. The van der Waals surface area contributed by atoms with Gasteiger partial charge in [-0.25, -0.2) is 0 Å². The summed E-state index contributed by atoms with van der Waals surface area (Å²) in [4.78, 5) is 26.2. The van der Waals surface area contributed by atoms with Gasteiger partial charge >= 0.3 is 0 Å². The van der Waals surface area contributed by atoms with Gasteiger partial charge in [0, 0.05) is 63.9 Å². The van der Waals surface area contributed by atoms with Crippen molar-refractivity contribution in [2.24, 2.45) is 0 Å². The zero-order valence-electron chi connectivity index (χ0n) is 28.1. The molecule has 0 unspecified atom stereocenters. The van der Waals surface area contributed by atoms with E-state index in [1.807, 2.05) is 0 Å². The van der Waals surface area contributed by atoms with Gasteiger partial charge < -0.3 is 19.6 Å². The zero-order chi connectivity index (χ0) is 31.2. The van der Waals surface area contributed by atoms with Crippen molar-refractivity contribution in [3.63, 3.8) is 0 Å². The zero-order valence-corrected chi connectivity index (χ0v) is 28.1. The number of amides is 1. The van der Waals surface area contributed by atoms with E-state index in [4.69, 9.17) is 0 Å². The Morgan fingerprint density at radius 2 is 1.68 bits per heavy atom. The van der Waals surface area contributed by atoms with Crippen LogP contribution in [0, 0.1) is 13.8 Å². The van der Waals surface area contributed by atoms with Crippen molar-refractivity contribution in [1.29, 1.82) is 0 Å². The van der Waals surface area contributed by atoms with E-state index in [0.717, 1.165) is 70.8 Å². The summed E-state index contributed by atoms with van der Waals surface area (Å²) in [6.07, 6.45) is 3.82. The molecule has 44 heavy (non-hydrogen) atoms. The van der Waals surface area contributed by atoms with Crippen molar-refractivity contribution < 1.29 is 4.79 Å². The predicted molar refractivity (Wildman–Crippen MR) is 184 cm³/mol. The van der Waals surface area contributed by atoms with Crippen molar-refractivity contribution in [2.75, 3.05) is 73.5 Å². The highest BCUT2D eigenvalue weighted by molar-refractivity contribution is 5.85. The van der Waals surface area contributed by atoms with Gasteiger partial charge in [0.15, 0.2) is 0 Å². The van der Waals surface area contributed by atoms with Crippen LogP contribution in [0.2, 0.25) is 0 Å². The van der Waals surface area contributed by atoms with Crippen molar-refractivity contribution in [3.05, 3.63) is 82.9 Å². The van der Waals surface area contributed by atoms with E-state index in [-0.39, 0.29) is 11.9 Å². The smallest absolute Gasteiger partial charge is 0.227 e. The molecule has 0 saturated carbocycles. The molecule has 2 aliphatic heterocycles. The normalized spacial score (nSPS) is 21.3. The first-order valence-electron chi connectivity index (χ1n) is 16.8. The van der Waals surface area contributed by atoms with Crippen LogP contribution in [0.5, 0.6) is 0 Å². The number of likely N-dealkylation sites (N-methyl/N-ethyl adjacent to an activating group) is 2. The molecule has 3 aromatic carbocycles. The van der Waals surface area contributed by atoms with E-state index in [1.165, 1.54) is 33.9 Å². The van der Waals surface area contributed by atoms with Gasteiger partial charge in [0.25, 0.3) is 0 Å². The molecule has 1 amide bonds. The number of aryl methyl sites for hydroxylation is 2. The summed E-state index contributed by atoms with van der Waals surface area (Å²) in [6, 6.07) is 22.8. The minimum absolute atomic E-state index is 0.195. The summed E-state index contributed by atoms with van der Waals surface area (Å²) in [6.45, 7) is 15.2. The third-order valence-electron chi connectivity index (χ3n) is 10.2. The Balaban J connectivity index is 1.28. The van der Waals surface area contributed by atoms with E-state index in [9.17, 15) is 4.79 Å². The number of benzene rings is 3. The van der Waals surface area contributed by atoms with Crippen LogP contribution in [0.15, 0.2) is 60.7 Å². The van der Waals surface area contributed by atoms with Crippen molar-refractivity contribution in [2.45, 2.75) is 64.6 Å². The fourth-order valence-corrected chi connectivity index (χ4v) is 7.21. The second kappa shape index (κ2) is 15.0. The van der Waals surface area contributed by atoms with Crippen molar-refractivity contribution in [3.8, 4) is 0 Å². The molecule has 3 atom stereocenters. The Hall–Kier alpha value is -2.77. The highest BCUT2D eigenvalue weighted by atomic mass is 16.2. The SMILES string of the molecule is Cc1ccc(C[C@@H](CN2C[C@@H](C)N(C(=O)Cc3ccc4ccccc4c3)C[C@@H]2CCCN2CCN(C)CC2)N(C)C)c(C)c1. The Labute approximate surface area is 266 Å². The molecule has 0 bridgehead atoms. The number of piperazine rings is 2. The van der Waals surface area contributed by atoms with Gasteiger partial charge in [-0.3, -0.25) is 9.69 Å². The van der Waals surface area contributed by atoms with Gasteiger partial charge in [-0.2, -0.15) is 0 Å². The average molecular weight is 598 g/mol. The molecule has 6 nitrogen and oxygen atoms in total. The average Bonchev–Trinajstić information content (AvgIpc) is 2.99. The largest absolute Gasteiger partial charge is 0.337 e. The molecular formula is C38H55N5O. The summed E-state index contributed by atoms with van der Waals surface area (Å²) in [5, 5.41) is 2.43. The quantitative estimate of drug-likeness (QED) is 0.307. The predicted octanol–water partition coefficient (Wildman–Crippen LogP) is 5.10. The lowest BCUT2D eigenvalue weighted by molar-refractivity contribution is -0.137. The van der Waals surface area contributed by atoms with Crippen molar-refractivity contribution in [1.82, 2.24) is 24.5 Å². The van der Waals surface area contributed by atoms with E-state index >= 15 is 0 Å². The molecule has 6 heteroatoms. The molecule has 0 N–H and O–H groups in total. The second-order valence-corrected chi connectivity index (χ2v) is 13.9. The molecule has 3 aromatic rings. The number of hydrogen-bond acceptors (Lipinski definition) is 5. The van der Waals surface area contributed by atoms with Crippen LogP contribution < -0.4 is 0 Å². The van der Waals surface area contributed by atoms with E-state index < -0.39 is 0 Å². The monoisotopic (exact) mass is 597 g/mol. The molecule has 2 heterocycles. The summed E-state index contributed by atoms with van der Waals surface area (Å²) < 4.78 is 0. The van der Waals surface area contributed by atoms with Gasteiger partial charge in [-0.05, 0) is 95.2 Å². The van der Waals surface area contributed by atoms with Gasteiger partial charge in [-0.1, -0.05) is 66.2 Å². The number of carbonyl (C=O) groups excluding carboxylic acids is 1. The first kappa shape index (κ1) is 32.6. The van der Waals surface area contributed by atoms with Crippen LogP contribution in [0.4, 0.5) is 0 Å². The maximum Gasteiger partial charge on any atom is 0.227 e. The minimum atomic E-state index is 0.195. The van der Waals surface area contributed by atoms with Gasteiger partial charge in [0.05, 0.1) is 6.42 Å². The van der Waals surface area contributed by atoms with E-state index in [0.29, 0.717) is 18.5 Å². The molecule has 0 spiro atoms. The lowest BCUT2D eigenvalue weighted by Crippen LogP contribution is -2.61. The standard InChI is InChI=1S/C38H55N5O/c1-29-13-15-34(30(2)22-29)25-37(39(4)5)27-42-26-31(3)43(28-36(42)12-9-17-41-20-18-40(6)19-21-41)38(44)24-32-14-16-33-10-7-8-11-35(33)23-32/h7-8,10-11,13-16,22-23,31,36-37H,9,12,17-21,24-28H2,1-6H3/t31-,36+,37+/m1/s1. The molecule has 2 saturated heterocycles. The lowest BCUT2D eigenvalue weighted by atomic mass is 9.96. The van der Waals surface area contributed by atoms with Crippen LogP contribution in [-0.4, -0.2) is 122 Å². The number of carbonyl (C=O) groups is 1. The number of hydrogen-bond donors (Lipinski definition) is 0. The molecular weight excluding hydrogens is 542 g/mol. The Morgan fingerprint density at radius 3 is 2.41 bits per heavy atom. The molecule has 238 valence electrons. The molecule has 0 radical (unpaired) electrons. The molecule has 0 aliphatic carbocycles. The number of nitrogens with zero attached hydrogens (tertiary/aromatic N) is 5. The fourth-order valence-electron chi connectivity index (χ4n) is 7.21. The van der Waals surface area contributed by atoms with Crippen LogP contribution in [0.25, 0.3) is 10.8 Å². The van der Waals surface area contributed by atoms with Crippen LogP contribution in [0.1, 0.15) is 42.0 Å². The van der Waals surface area contributed by atoms with Crippen LogP contribution in [-0.2, 0) is 17.6 Å². The summed E-state index contributed by atoms with van der Waals surface area (Å²) in [5.41, 5.74) is 5.26. The highest BCUT2D eigenvalue weighted by Gasteiger charge is 2.35. The summed E-state index contributed by atoms with van der Waals surface area (Å²) in [7, 11) is 6.67. The van der Waals surface area contributed by atoms with Gasteiger partial charge in [0.1, 0.15) is 0 Å². The van der Waals surface area contributed by atoms with Gasteiger partial charge in [-0.15, -0.1) is 0 Å². The molecule has 0 aromatic heterocycles. The first-order chi connectivity index (χ1) is 21.2. The summed E-state index contributed by atoms with van der Waals surface area (Å²) in [5.74, 6) is 0.260. The third-order valence-corrected chi connectivity index (χ3v) is 10.2. The molecule has 2 fully saturated rings. The van der Waals surface area contributed by atoms with E-state index in [1.54, 1.807) is 0 Å². The Morgan fingerprint density at radius 1 is 0.932 bits per heavy atom. The minimum Gasteiger partial charge on any atom is -0.337 e. The maximum atomic E-state index is 13.8. The topological polar surface area (TPSA) is 33.3 Å². The highest BCUT2D eigenvalue weighted by Crippen LogP contribution is 2.24. The molecule has 5 rings (SSSR count). The van der Waals surface area contributed by atoms with Gasteiger partial charge in [0.2, 0.25) is 5.91 Å². The summed E-state index contributed by atoms with van der Waals surface area (Å²) >= 11 is 0. The first-order valence-corrected chi connectivity index (χ1v) is 16.8. The van der Waals surface area contributed by atoms with Crippen LogP contribution in [0.3, 0.4) is 0 Å². The Kier molecular flexibility index (Phi) is 11.1. The Bertz CT molecular complexity index is 1380. The third kappa shape index (κ3) is 8.48. The second-order valence-electron chi connectivity index (χ2n) is 13.9. The molecule has 2 aliphatic rings. The number of fused-ring (bicyclic) bond motifs is 1. The lowest BCUT2D eigenvalue weighted by Gasteiger charge is -2.47. The maximum absolute atomic E-state index is 13.8. The van der Waals surface area contributed by atoms with Crippen molar-refractivity contribution >= 4 is 16.7 Å². The van der Waals surface area contributed by atoms with Crippen LogP contribution >= 0.6 is 0 Å².